The third-order valence-electron chi connectivity index (χ3n) is 2.98. The molecule has 0 saturated carbocycles. The minimum absolute atomic E-state index is 0.0627. The fourth-order valence-electron chi connectivity index (χ4n) is 1.98. The number of cyclic esters (lactones) is 1. The summed E-state index contributed by atoms with van der Waals surface area (Å²) in [7, 11) is 0. The Hall–Kier alpha value is -1.62. The van der Waals surface area contributed by atoms with Crippen molar-refractivity contribution in [1.29, 1.82) is 0 Å². The predicted molar refractivity (Wildman–Crippen MR) is 62.4 cm³/mol. The summed E-state index contributed by atoms with van der Waals surface area (Å²) >= 11 is 5.88. The van der Waals surface area contributed by atoms with Crippen molar-refractivity contribution >= 4 is 23.5 Å². The summed E-state index contributed by atoms with van der Waals surface area (Å²) in [5.74, 6) is -1.65. The van der Waals surface area contributed by atoms with Crippen LogP contribution in [-0.2, 0) is 20.7 Å². The molecule has 4 nitrogen and oxygen atoms in total. The molecule has 6 heteroatoms. The van der Waals surface area contributed by atoms with Crippen molar-refractivity contribution < 1.29 is 18.7 Å². The Morgan fingerprint density at radius 2 is 2.28 bits per heavy atom. The Morgan fingerprint density at radius 3 is 2.78 bits per heavy atom. The number of hydrogen-bond acceptors (Lipinski definition) is 3. The molecule has 0 bridgehead atoms. The SMILES string of the molecule is NC(=O)C1(Cc2ccc(F)cc2Cl)CCC(=O)O1. The molecule has 18 heavy (non-hydrogen) atoms. The average Bonchev–Trinajstić information content (AvgIpc) is 2.66. The first kappa shape index (κ1) is 12.8. The van der Waals surface area contributed by atoms with Crippen LogP contribution in [0.25, 0.3) is 0 Å². The number of hydrogen-bond donors (Lipinski definition) is 1. The van der Waals surface area contributed by atoms with Crippen molar-refractivity contribution in [1.82, 2.24) is 0 Å². The molecule has 1 aromatic carbocycles. The number of ether oxygens (including phenoxy) is 1. The Labute approximate surface area is 108 Å². The van der Waals surface area contributed by atoms with Gasteiger partial charge in [0.05, 0.1) is 0 Å². The van der Waals surface area contributed by atoms with Gasteiger partial charge in [0.25, 0.3) is 5.91 Å². The highest BCUT2D eigenvalue weighted by Crippen LogP contribution is 2.32. The fourth-order valence-corrected chi connectivity index (χ4v) is 2.22. The van der Waals surface area contributed by atoms with Crippen LogP contribution in [-0.4, -0.2) is 17.5 Å². The van der Waals surface area contributed by atoms with Crippen LogP contribution in [0.1, 0.15) is 18.4 Å². The van der Waals surface area contributed by atoms with Crippen molar-refractivity contribution in [2.24, 2.45) is 5.73 Å². The summed E-state index contributed by atoms with van der Waals surface area (Å²) < 4.78 is 17.9. The van der Waals surface area contributed by atoms with E-state index >= 15 is 0 Å². The Morgan fingerprint density at radius 1 is 1.56 bits per heavy atom. The average molecular weight is 272 g/mol. The third-order valence-corrected chi connectivity index (χ3v) is 3.33. The second-order valence-corrected chi connectivity index (χ2v) is 4.65. The van der Waals surface area contributed by atoms with Crippen LogP contribution >= 0.6 is 11.6 Å². The van der Waals surface area contributed by atoms with Crippen LogP contribution in [0.4, 0.5) is 4.39 Å². The van der Waals surface area contributed by atoms with Gasteiger partial charge in [-0.05, 0) is 17.7 Å². The Kier molecular flexibility index (Phi) is 3.26. The molecular weight excluding hydrogens is 261 g/mol. The number of benzene rings is 1. The van der Waals surface area contributed by atoms with Gasteiger partial charge in [-0.1, -0.05) is 17.7 Å². The fraction of sp³-hybridized carbons (Fsp3) is 0.333. The molecule has 1 fully saturated rings. The largest absolute Gasteiger partial charge is 0.449 e. The lowest BCUT2D eigenvalue weighted by Crippen LogP contribution is -2.45. The van der Waals surface area contributed by atoms with Crippen LogP contribution < -0.4 is 5.73 Å². The first-order chi connectivity index (χ1) is 8.43. The Bertz CT molecular complexity index is 520. The van der Waals surface area contributed by atoms with Crippen LogP contribution in [0.5, 0.6) is 0 Å². The maximum absolute atomic E-state index is 12.9. The molecule has 0 aromatic heterocycles. The minimum atomic E-state index is -1.36. The molecular formula is C12H11ClFNO3. The van der Waals surface area contributed by atoms with Crippen LogP contribution in [0.15, 0.2) is 18.2 Å². The highest BCUT2D eigenvalue weighted by atomic mass is 35.5. The van der Waals surface area contributed by atoms with Gasteiger partial charge in [0, 0.05) is 24.3 Å². The topological polar surface area (TPSA) is 69.4 Å². The molecule has 0 spiro atoms. The minimum Gasteiger partial charge on any atom is -0.449 e. The number of amides is 1. The maximum Gasteiger partial charge on any atom is 0.307 e. The lowest BCUT2D eigenvalue weighted by atomic mass is 9.91. The molecule has 2 N–H and O–H groups in total. The number of primary amides is 1. The van der Waals surface area contributed by atoms with E-state index in [1.165, 1.54) is 12.1 Å². The van der Waals surface area contributed by atoms with Crippen molar-refractivity contribution in [2.75, 3.05) is 0 Å². The second kappa shape index (κ2) is 4.57. The molecule has 96 valence electrons. The van der Waals surface area contributed by atoms with Crippen molar-refractivity contribution in [3.8, 4) is 0 Å². The van der Waals surface area contributed by atoms with E-state index < -0.39 is 23.3 Å². The van der Waals surface area contributed by atoms with E-state index in [0.717, 1.165) is 6.07 Å². The Balaban J connectivity index is 2.30. The zero-order chi connectivity index (χ0) is 13.3. The van der Waals surface area contributed by atoms with Gasteiger partial charge in [-0.15, -0.1) is 0 Å². The summed E-state index contributed by atoms with van der Waals surface area (Å²) in [4.78, 5) is 22.6. The first-order valence-electron chi connectivity index (χ1n) is 5.39. The smallest absolute Gasteiger partial charge is 0.307 e. The standard InChI is InChI=1S/C12H11ClFNO3/c13-9-5-8(14)2-1-7(9)6-12(11(15)17)4-3-10(16)18-12/h1-2,5H,3-4,6H2,(H2,15,17). The van der Waals surface area contributed by atoms with Gasteiger partial charge in [0.15, 0.2) is 5.60 Å². The van der Waals surface area contributed by atoms with Crippen molar-refractivity contribution in [3.63, 3.8) is 0 Å². The van der Waals surface area contributed by atoms with Gasteiger partial charge in [0.1, 0.15) is 5.82 Å². The third kappa shape index (κ3) is 2.31. The van der Waals surface area contributed by atoms with E-state index in [-0.39, 0.29) is 24.3 Å². The van der Waals surface area contributed by atoms with E-state index in [2.05, 4.69) is 0 Å². The molecule has 1 aliphatic heterocycles. The molecule has 1 amide bonds. The molecule has 1 aliphatic rings. The molecule has 1 atom stereocenters. The van der Waals surface area contributed by atoms with E-state index in [1.54, 1.807) is 0 Å². The summed E-state index contributed by atoms with van der Waals surface area (Å²) in [5, 5.41) is 0.179. The number of carbonyl (C=O) groups is 2. The van der Waals surface area contributed by atoms with E-state index in [9.17, 15) is 14.0 Å². The number of carbonyl (C=O) groups excluding carboxylic acids is 2. The number of rotatable bonds is 3. The van der Waals surface area contributed by atoms with Gasteiger partial charge in [-0.2, -0.15) is 0 Å². The lowest BCUT2D eigenvalue weighted by Gasteiger charge is -2.24. The highest BCUT2D eigenvalue weighted by Gasteiger charge is 2.46. The van der Waals surface area contributed by atoms with Crippen LogP contribution in [0, 0.1) is 5.82 Å². The van der Waals surface area contributed by atoms with Crippen LogP contribution in [0.2, 0.25) is 5.02 Å². The van der Waals surface area contributed by atoms with Crippen LogP contribution in [0.3, 0.4) is 0 Å². The maximum atomic E-state index is 12.9. The summed E-state index contributed by atoms with van der Waals surface area (Å²) in [6, 6.07) is 3.82. The van der Waals surface area contributed by atoms with Gasteiger partial charge in [0.2, 0.25) is 0 Å². The number of halogens is 2. The monoisotopic (exact) mass is 271 g/mol. The normalized spacial score (nSPS) is 22.9. The summed E-state index contributed by atoms with van der Waals surface area (Å²) in [5.41, 5.74) is 4.45. The second-order valence-electron chi connectivity index (χ2n) is 4.25. The molecule has 1 saturated heterocycles. The molecule has 1 unspecified atom stereocenters. The molecule has 0 aliphatic carbocycles. The quantitative estimate of drug-likeness (QED) is 0.849. The van der Waals surface area contributed by atoms with Gasteiger partial charge >= 0.3 is 5.97 Å². The van der Waals surface area contributed by atoms with E-state index in [0.29, 0.717) is 5.56 Å². The van der Waals surface area contributed by atoms with Gasteiger partial charge < -0.3 is 10.5 Å². The molecule has 1 heterocycles. The first-order valence-corrected chi connectivity index (χ1v) is 5.76. The number of esters is 1. The zero-order valence-corrected chi connectivity index (χ0v) is 10.2. The van der Waals surface area contributed by atoms with E-state index in [4.69, 9.17) is 22.1 Å². The van der Waals surface area contributed by atoms with Gasteiger partial charge in [-0.3, -0.25) is 9.59 Å². The highest BCUT2D eigenvalue weighted by molar-refractivity contribution is 6.31. The van der Waals surface area contributed by atoms with E-state index in [1.807, 2.05) is 0 Å². The molecule has 1 aromatic rings. The lowest BCUT2D eigenvalue weighted by molar-refractivity contribution is -0.156. The molecule has 0 radical (unpaired) electrons. The van der Waals surface area contributed by atoms with Crippen molar-refractivity contribution in [3.05, 3.63) is 34.6 Å². The zero-order valence-electron chi connectivity index (χ0n) is 9.41. The van der Waals surface area contributed by atoms with Crippen molar-refractivity contribution in [2.45, 2.75) is 24.9 Å². The molecule has 2 rings (SSSR count). The summed E-state index contributed by atoms with van der Waals surface area (Å²) in [6.45, 7) is 0. The predicted octanol–water partition coefficient (Wildman–Crippen LogP) is 1.58. The van der Waals surface area contributed by atoms with Gasteiger partial charge in [-0.25, -0.2) is 4.39 Å². The number of nitrogens with two attached hydrogens (primary N) is 1. The summed E-state index contributed by atoms with van der Waals surface area (Å²) in [6.07, 6.45) is 0.420.